The number of nitrogens with one attached hydrogen (secondary N) is 1. The maximum absolute atomic E-state index is 11.5. The fraction of sp³-hybridized carbons (Fsp3) is 0.250. The molecule has 0 aliphatic heterocycles. The number of amides is 1. The minimum atomic E-state index is -3.70. The van der Waals surface area contributed by atoms with E-state index in [1.165, 1.54) is 12.1 Å². The van der Waals surface area contributed by atoms with Crippen molar-refractivity contribution < 1.29 is 13.2 Å². The van der Waals surface area contributed by atoms with Crippen LogP contribution in [0, 0.1) is 12.3 Å². The number of hydrogen-bond donors (Lipinski definition) is 3. The van der Waals surface area contributed by atoms with Crippen molar-refractivity contribution in [3.63, 3.8) is 0 Å². The van der Waals surface area contributed by atoms with E-state index in [0.29, 0.717) is 0 Å². The van der Waals surface area contributed by atoms with Crippen molar-refractivity contribution in [3.8, 4) is 12.3 Å². The molecule has 1 atom stereocenters. The van der Waals surface area contributed by atoms with E-state index in [9.17, 15) is 13.2 Å². The van der Waals surface area contributed by atoms with E-state index in [0.717, 1.165) is 5.56 Å². The zero-order valence-electron chi connectivity index (χ0n) is 10.2. The first kappa shape index (κ1) is 15.2. The van der Waals surface area contributed by atoms with Gasteiger partial charge in [0.25, 0.3) is 0 Å². The van der Waals surface area contributed by atoms with Gasteiger partial charge in [-0.1, -0.05) is 12.1 Å². The van der Waals surface area contributed by atoms with Gasteiger partial charge in [0, 0.05) is 13.0 Å². The minimum Gasteiger partial charge on any atom is -0.351 e. The Labute approximate surface area is 112 Å². The van der Waals surface area contributed by atoms with E-state index in [4.69, 9.17) is 17.3 Å². The summed E-state index contributed by atoms with van der Waals surface area (Å²) in [6.07, 6.45) is 5.22. The SMILES string of the molecule is C#CCC(N)C(=O)NCc1ccc(S(N)(=O)=O)cc1. The number of benzene rings is 1. The number of rotatable bonds is 5. The van der Waals surface area contributed by atoms with Crippen molar-refractivity contribution in [1.82, 2.24) is 5.32 Å². The second kappa shape index (κ2) is 6.33. The molecule has 5 N–H and O–H groups in total. The standard InChI is InChI=1S/C12H15N3O3S/c1-2-3-11(13)12(16)15-8-9-4-6-10(7-5-9)19(14,17)18/h1,4-7,11H,3,8,13H2,(H,15,16)(H2,14,17,18). The minimum absolute atomic E-state index is 0.0200. The van der Waals surface area contributed by atoms with Crippen LogP contribution in [0.1, 0.15) is 12.0 Å². The zero-order chi connectivity index (χ0) is 14.5. The third-order valence-corrected chi connectivity index (χ3v) is 3.32. The van der Waals surface area contributed by atoms with Gasteiger partial charge < -0.3 is 11.1 Å². The number of primary sulfonamides is 1. The Hall–Kier alpha value is -1.88. The molecule has 0 saturated heterocycles. The molecule has 0 heterocycles. The van der Waals surface area contributed by atoms with E-state index in [2.05, 4.69) is 11.2 Å². The Morgan fingerprint density at radius 2 is 1.95 bits per heavy atom. The van der Waals surface area contributed by atoms with Gasteiger partial charge in [-0.15, -0.1) is 12.3 Å². The molecule has 102 valence electrons. The highest BCUT2D eigenvalue weighted by molar-refractivity contribution is 7.89. The zero-order valence-corrected chi connectivity index (χ0v) is 11.0. The Kier molecular flexibility index (Phi) is 5.06. The molecule has 0 aliphatic carbocycles. The molecular formula is C12H15N3O3S. The Morgan fingerprint density at radius 3 is 2.42 bits per heavy atom. The number of sulfonamides is 1. The van der Waals surface area contributed by atoms with Crippen LogP contribution in [0.4, 0.5) is 0 Å². The van der Waals surface area contributed by atoms with E-state index < -0.39 is 16.1 Å². The van der Waals surface area contributed by atoms with Gasteiger partial charge in [0.05, 0.1) is 10.9 Å². The quantitative estimate of drug-likeness (QED) is 0.619. The molecule has 1 aromatic rings. The van der Waals surface area contributed by atoms with Gasteiger partial charge in [-0.25, -0.2) is 13.6 Å². The second-order valence-electron chi connectivity index (χ2n) is 3.92. The molecule has 19 heavy (non-hydrogen) atoms. The van der Waals surface area contributed by atoms with E-state index in [1.807, 2.05) is 0 Å². The molecule has 0 bridgehead atoms. The first-order valence-electron chi connectivity index (χ1n) is 5.43. The highest BCUT2D eigenvalue weighted by Gasteiger charge is 2.11. The monoisotopic (exact) mass is 281 g/mol. The van der Waals surface area contributed by atoms with Crippen LogP contribution in [0.5, 0.6) is 0 Å². The van der Waals surface area contributed by atoms with Crippen LogP contribution in [-0.4, -0.2) is 20.4 Å². The lowest BCUT2D eigenvalue weighted by Crippen LogP contribution is -2.39. The fourth-order valence-corrected chi connectivity index (χ4v) is 1.85. The van der Waals surface area contributed by atoms with Gasteiger partial charge in [-0.05, 0) is 17.7 Å². The van der Waals surface area contributed by atoms with E-state index in [-0.39, 0.29) is 23.8 Å². The number of terminal acetylenes is 1. The molecule has 1 unspecified atom stereocenters. The summed E-state index contributed by atoms with van der Waals surface area (Å²) >= 11 is 0. The molecular weight excluding hydrogens is 266 g/mol. The summed E-state index contributed by atoms with van der Waals surface area (Å²) < 4.78 is 22.1. The van der Waals surface area contributed by atoms with Crippen molar-refractivity contribution in [2.24, 2.45) is 10.9 Å². The van der Waals surface area contributed by atoms with Crippen LogP contribution < -0.4 is 16.2 Å². The molecule has 7 heteroatoms. The normalized spacial score (nSPS) is 12.5. The average molecular weight is 281 g/mol. The average Bonchev–Trinajstić information content (AvgIpc) is 2.35. The lowest BCUT2D eigenvalue weighted by atomic mass is 10.2. The molecule has 1 amide bonds. The molecule has 0 radical (unpaired) electrons. The van der Waals surface area contributed by atoms with Crippen LogP contribution in [-0.2, 0) is 21.4 Å². The first-order chi connectivity index (χ1) is 8.84. The molecule has 6 nitrogen and oxygen atoms in total. The summed E-state index contributed by atoms with van der Waals surface area (Å²) in [6.45, 7) is 0.238. The summed E-state index contributed by atoms with van der Waals surface area (Å²) in [5.74, 6) is 1.95. The molecule has 0 saturated carbocycles. The van der Waals surface area contributed by atoms with Crippen LogP contribution in [0.3, 0.4) is 0 Å². The molecule has 0 fully saturated rings. The molecule has 0 aliphatic rings. The largest absolute Gasteiger partial charge is 0.351 e. The number of nitrogens with two attached hydrogens (primary N) is 2. The topological polar surface area (TPSA) is 115 Å². The van der Waals surface area contributed by atoms with Crippen LogP contribution in [0.2, 0.25) is 0 Å². The highest BCUT2D eigenvalue weighted by Crippen LogP contribution is 2.08. The summed E-state index contributed by atoms with van der Waals surface area (Å²) in [5.41, 5.74) is 6.25. The summed E-state index contributed by atoms with van der Waals surface area (Å²) in [7, 11) is -3.70. The third kappa shape index (κ3) is 4.71. The van der Waals surface area contributed by atoms with Gasteiger partial charge in [0.2, 0.25) is 15.9 Å². The smallest absolute Gasteiger partial charge is 0.238 e. The predicted octanol–water partition coefficient (Wildman–Crippen LogP) is -0.699. The van der Waals surface area contributed by atoms with E-state index in [1.54, 1.807) is 12.1 Å². The van der Waals surface area contributed by atoms with Crippen LogP contribution in [0.25, 0.3) is 0 Å². The lowest BCUT2D eigenvalue weighted by molar-refractivity contribution is -0.122. The maximum Gasteiger partial charge on any atom is 0.238 e. The summed E-state index contributed by atoms with van der Waals surface area (Å²) in [4.78, 5) is 11.5. The molecule has 1 aromatic carbocycles. The number of hydrogen-bond acceptors (Lipinski definition) is 4. The lowest BCUT2D eigenvalue weighted by Gasteiger charge is -2.09. The summed E-state index contributed by atoms with van der Waals surface area (Å²) in [5, 5.41) is 7.57. The molecule has 1 rings (SSSR count). The van der Waals surface area contributed by atoms with E-state index >= 15 is 0 Å². The van der Waals surface area contributed by atoms with Gasteiger partial charge in [-0.3, -0.25) is 4.79 Å². The number of carbonyl (C=O) groups excluding carboxylic acids is 1. The Bertz CT molecular complexity index is 588. The van der Waals surface area contributed by atoms with Crippen molar-refractivity contribution in [1.29, 1.82) is 0 Å². The fourth-order valence-electron chi connectivity index (χ4n) is 1.34. The summed E-state index contributed by atoms with van der Waals surface area (Å²) in [6, 6.07) is 5.13. The maximum atomic E-state index is 11.5. The van der Waals surface area contributed by atoms with Crippen molar-refractivity contribution in [2.45, 2.75) is 23.9 Å². The van der Waals surface area contributed by atoms with Crippen LogP contribution in [0.15, 0.2) is 29.2 Å². The van der Waals surface area contributed by atoms with Gasteiger partial charge in [0.1, 0.15) is 0 Å². The second-order valence-corrected chi connectivity index (χ2v) is 5.48. The third-order valence-electron chi connectivity index (χ3n) is 2.39. The van der Waals surface area contributed by atoms with Gasteiger partial charge in [-0.2, -0.15) is 0 Å². The molecule has 0 spiro atoms. The Morgan fingerprint density at radius 1 is 1.37 bits per heavy atom. The van der Waals surface area contributed by atoms with Crippen molar-refractivity contribution >= 4 is 15.9 Å². The highest BCUT2D eigenvalue weighted by atomic mass is 32.2. The first-order valence-corrected chi connectivity index (χ1v) is 6.97. The number of carbonyl (C=O) groups is 1. The van der Waals surface area contributed by atoms with Gasteiger partial charge >= 0.3 is 0 Å². The van der Waals surface area contributed by atoms with Gasteiger partial charge in [0.15, 0.2) is 0 Å². The Balaban J connectivity index is 2.60. The van der Waals surface area contributed by atoms with Crippen LogP contribution >= 0.6 is 0 Å². The predicted molar refractivity (Wildman–Crippen MR) is 71.1 cm³/mol. The van der Waals surface area contributed by atoms with Crippen molar-refractivity contribution in [3.05, 3.63) is 29.8 Å². The van der Waals surface area contributed by atoms with Crippen molar-refractivity contribution in [2.75, 3.05) is 0 Å². The molecule has 0 aromatic heterocycles.